The summed E-state index contributed by atoms with van der Waals surface area (Å²) in [7, 11) is 0. The maximum absolute atomic E-state index is 10.7. The number of carbonyl (C=O) groups is 2. The summed E-state index contributed by atoms with van der Waals surface area (Å²) >= 11 is 1.48. The zero-order valence-corrected chi connectivity index (χ0v) is 11.1. The first-order chi connectivity index (χ1) is 8.82. The molecular weight excluding hydrogens is 270 g/mol. The molecule has 19 heavy (non-hydrogen) atoms. The number of carboxylic acid groups (broad SMARTS) is 2. The Hall–Kier alpha value is -1.99. The summed E-state index contributed by atoms with van der Waals surface area (Å²) in [6, 6.07) is 5.17. The van der Waals surface area contributed by atoms with Gasteiger partial charge in [-0.2, -0.15) is 0 Å². The third-order valence-electron chi connectivity index (χ3n) is 2.09. The van der Waals surface area contributed by atoms with Gasteiger partial charge in [-0.05, 0) is 13.0 Å². The Morgan fingerprint density at radius 1 is 1.32 bits per heavy atom. The van der Waals surface area contributed by atoms with Gasteiger partial charge in [0.15, 0.2) is 6.10 Å². The third-order valence-corrected chi connectivity index (χ3v) is 3.02. The standard InChI is InChI=1S/C10H9NO3S.C2H4O2/c1-5-11-8-6(9(12)10(13)14)3-2-4-7(8)15-5;1-2(3)4/h2-4,9,12H,1H3,(H,13,14);1H3,(H,3,4). The number of fused-ring (bicyclic) bond motifs is 1. The molecule has 1 heterocycles. The number of benzene rings is 1. The molecule has 0 aliphatic rings. The van der Waals surface area contributed by atoms with E-state index in [1.807, 2.05) is 13.0 Å². The Labute approximate surface area is 113 Å². The molecule has 0 bridgehead atoms. The third kappa shape index (κ3) is 4.01. The molecule has 2 aromatic rings. The van der Waals surface area contributed by atoms with Crippen LogP contribution in [0.4, 0.5) is 0 Å². The van der Waals surface area contributed by atoms with Crippen LogP contribution in [0.5, 0.6) is 0 Å². The zero-order chi connectivity index (χ0) is 14.6. The van der Waals surface area contributed by atoms with E-state index < -0.39 is 18.0 Å². The summed E-state index contributed by atoms with van der Waals surface area (Å²) in [5.41, 5.74) is 0.930. The van der Waals surface area contributed by atoms with Crippen molar-refractivity contribution in [3.05, 3.63) is 28.8 Å². The van der Waals surface area contributed by atoms with Crippen LogP contribution in [0.25, 0.3) is 10.2 Å². The van der Waals surface area contributed by atoms with Gasteiger partial charge < -0.3 is 15.3 Å². The molecule has 0 aliphatic heterocycles. The number of hydrogen-bond donors (Lipinski definition) is 3. The summed E-state index contributed by atoms with van der Waals surface area (Å²) < 4.78 is 0.894. The summed E-state index contributed by atoms with van der Waals surface area (Å²) in [5, 5.41) is 26.5. The van der Waals surface area contributed by atoms with Crippen molar-refractivity contribution < 1.29 is 24.9 Å². The molecule has 1 atom stereocenters. The molecule has 6 nitrogen and oxygen atoms in total. The first-order valence-corrected chi connectivity index (χ1v) is 6.11. The minimum Gasteiger partial charge on any atom is -0.481 e. The molecular formula is C12H13NO5S. The van der Waals surface area contributed by atoms with Crippen LogP contribution in [-0.2, 0) is 9.59 Å². The van der Waals surface area contributed by atoms with Crippen LogP contribution in [0.2, 0.25) is 0 Å². The zero-order valence-electron chi connectivity index (χ0n) is 10.3. The number of carboxylic acids is 2. The largest absolute Gasteiger partial charge is 0.481 e. The predicted molar refractivity (Wildman–Crippen MR) is 70.3 cm³/mol. The Morgan fingerprint density at radius 2 is 1.89 bits per heavy atom. The molecule has 0 amide bonds. The number of thiazole rings is 1. The van der Waals surface area contributed by atoms with Crippen LogP contribution in [0.1, 0.15) is 23.6 Å². The van der Waals surface area contributed by atoms with E-state index in [1.165, 1.54) is 11.3 Å². The van der Waals surface area contributed by atoms with Crippen molar-refractivity contribution in [2.24, 2.45) is 0 Å². The van der Waals surface area contributed by atoms with Gasteiger partial charge in [0.25, 0.3) is 5.97 Å². The number of aromatic nitrogens is 1. The van der Waals surface area contributed by atoms with Crippen LogP contribution in [0, 0.1) is 6.92 Å². The van der Waals surface area contributed by atoms with Crippen molar-refractivity contribution in [3.8, 4) is 0 Å². The van der Waals surface area contributed by atoms with Crippen LogP contribution in [0.15, 0.2) is 18.2 Å². The molecule has 0 fully saturated rings. The summed E-state index contributed by atoms with van der Waals surface area (Å²) in [4.78, 5) is 23.9. The second-order valence-corrected chi connectivity index (χ2v) is 4.92. The summed E-state index contributed by atoms with van der Waals surface area (Å²) in [6.07, 6.45) is -1.50. The minimum atomic E-state index is -1.50. The summed E-state index contributed by atoms with van der Waals surface area (Å²) in [6.45, 7) is 2.93. The van der Waals surface area contributed by atoms with E-state index in [1.54, 1.807) is 12.1 Å². The Balaban J connectivity index is 0.000000399. The monoisotopic (exact) mass is 283 g/mol. The molecule has 0 radical (unpaired) electrons. The van der Waals surface area contributed by atoms with E-state index in [0.717, 1.165) is 16.6 Å². The lowest BCUT2D eigenvalue weighted by atomic mass is 10.1. The average molecular weight is 283 g/mol. The second-order valence-electron chi connectivity index (χ2n) is 3.69. The smallest absolute Gasteiger partial charge is 0.337 e. The maximum Gasteiger partial charge on any atom is 0.337 e. The van der Waals surface area contributed by atoms with Crippen LogP contribution in [0.3, 0.4) is 0 Å². The highest BCUT2D eigenvalue weighted by molar-refractivity contribution is 7.18. The molecule has 3 N–H and O–H groups in total. The first-order valence-electron chi connectivity index (χ1n) is 5.29. The van der Waals surface area contributed by atoms with E-state index in [9.17, 15) is 9.90 Å². The van der Waals surface area contributed by atoms with Gasteiger partial charge in [0.2, 0.25) is 0 Å². The van der Waals surface area contributed by atoms with Gasteiger partial charge in [-0.25, -0.2) is 9.78 Å². The van der Waals surface area contributed by atoms with Crippen LogP contribution < -0.4 is 0 Å². The van der Waals surface area contributed by atoms with Crippen LogP contribution in [-0.4, -0.2) is 32.2 Å². The van der Waals surface area contributed by atoms with Crippen LogP contribution >= 0.6 is 11.3 Å². The number of rotatable bonds is 2. The molecule has 102 valence electrons. The number of aliphatic carboxylic acids is 2. The Kier molecular flexibility index (Phi) is 4.96. The maximum atomic E-state index is 10.7. The number of aliphatic hydroxyl groups excluding tert-OH is 1. The fourth-order valence-electron chi connectivity index (χ4n) is 1.43. The van der Waals surface area contributed by atoms with Crippen molar-refractivity contribution in [3.63, 3.8) is 0 Å². The molecule has 0 aliphatic carbocycles. The lowest BCUT2D eigenvalue weighted by Gasteiger charge is -2.05. The van der Waals surface area contributed by atoms with Crippen molar-refractivity contribution in [1.82, 2.24) is 4.98 Å². The van der Waals surface area contributed by atoms with Gasteiger partial charge in [0.1, 0.15) is 0 Å². The van der Waals surface area contributed by atoms with Crippen molar-refractivity contribution >= 4 is 33.5 Å². The van der Waals surface area contributed by atoms with E-state index in [4.69, 9.17) is 15.0 Å². The SMILES string of the molecule is CC(=O)O.Cc1nc2c(C(O)C(=O)O)cccc2s1. The number of para-hydroxylation sites is 1. The Morgan fingerprint density at radius 3 is 2.42 bits per heavy atom. The lowest BCUT2D eigenvalue weighted by molar-refractivity contribution is -0.146. The fraction of sp³-hybridized carbons (Fsp3) is 0.250. The number of nitrogens with zero attached hydrogens (tertiary/aromatic N) is 1. The van der Waals surface area contributed by atoms with E-state index >= 15 is 0 Å². The van der Waals surface area contributed by atoms with E-state index in [2.05, 4.69) is 4.98 Å². The van der Waals surface area contributed by atoms with Gasteiger partial charge in [-0.3, -0.25) is 4.79 Å². The van der Waals surface area contributed by atoms with Gasteiger partial charge in [-0.15, -0.1) is 11.3 Å². The second kappa shape index (κ2) is 6.26. The van der Waals surface area contributed by atoms with Gasteiger partial charge >= 0.3 is 5.97 Å². The van der Waals surface area contributed by atoms with E-state index in [-0.39, 0.29) is 0 Å². The quantitative estimate of drug-likeness (QED) is 0.775. The highest BCUT2D eigenvalue weighted by Crippen LogP contribution is 2.28. The topological polar surface area (TPSA) is 108 Å². The van der Waals surface area contributed by atoms with Gasteiger partial charge in [0.05, 0.1) is 15.2 Å². The number of aryl methyl sites for hydroxylation is 1. The fourth-order valence-corrected chi connectivity index (χ4v) is 2.30. The molecule has 7 heteroatoms. The minimum absolute atomic E-state index is 0.351. The molecule has 1 unspecified atom stereocenters. The highest BCUT2D eigenvalue weighted by atomic mass is 32.1. The predicted octanol–water partition coefficient (Wildman–Crippen LogP) is 1.81. The number of aliphatic hydroxyl groups is 1. The number of hydrogen-bond acceptors (Lipinski definition) is 5. The Bertz CT molecular complexity index is 603. The van der Waals surface area contributed by atoms with Crippen molar-refractivity contribution in [2.45, 2.75) is 20.0 Å². The van der Waals surface area contributed by atoms with Gasteiger partial charge in [0, 0.05) is 12.5 Å². The molecule has 0 saturated carbocycles. The van der Waals surface area contributed by atoms with Gasteiger partial charge in [-0.1, -0.05) is 12.1 Å². The molecule has 0 spiro atoms. The first kappa shape index (κ1) is 15.1. The average Bonchev–Trinajstić information content (AvgIpc) is 2.66. The normalized spacial score (nSPS) is 11.5. The lowest BCUT2D eigenvalue weighted by Crippen LogP contribution is -2.10. The molecule has 2 rings (SSSR count). The van der Waals surface area contributed by atoms with E-state index in [0.29, 0.717) is 11.1 Å². The molecule has 1 aromatic carbocycles. The highest BCUT2D eigenvalue weighted by Gasteiger charge is 2.19. The van der Waals surface area contributed by atoms with Crippen molar-refractivity contribution in [1.29, 1.82) is 0 Å². The summed E-state index contributed by atoms with van der Waals surface area (Å²) in [5.74, 6) is -2.09. The molecule has 0 saturated heterocycles. The van der Waals surface area contributed by atoms with Crippen molar-refractivity contribution in [2.75, 3.05) is 0 Å². The molecule has 1 aromatic heterocycles.